The van der Waals surface area contributed by atoms with Crippen molar-refractivity contribution in [2.45, 2.75) is 40.2 Å². The minimum absolute atomic E-state index is 0.248. The summed E-state index contributed by atoms with van der Waals surface area (Å²) in [7, 11) is 0. The van der Waals surface area contributed by atoms with E-state index < -0.39 is 0 Å². The third-order valence-electron chi connectivity index (χ3n) is 4.65. The molecule has 2 aromatic carbocycles. The van der Waals surface area contributed by atoms with Crippen LogP contribution >= 0.6 is 22.6 Å². The fourth-order valence-electron chi connectivity index (χ4n) is 3.09. The molecule has 0 saturated carbocycles. The Morgan fingerprint density at radius 1 is 1.24 bits per heavy atom. The second kappa shape index (κ2) is 9.43. The first-order valence-electron chi connectivity index (χ1n) is 9.67. The number of aromatic nitrogens is 1. The number of rotatable bonds is 7. The highest BCUT2D eigenvalue weighted by Crippen LogP contribution is 2.37. The lowest BCUT2D eigenvalue weighted by molar-refractivity contribution is 0.0918. The van der Waals surface area contributed by atoms with Gasteiger partial charge in [-0.1, -0.05) is 49.3 Å². The summed E-state index contributed by atoms with van der Waals surface area (Å²) in [5, 5.41) is 6.95. The summed E-state index contributed by atoms with van der Waals surface area (Å²) in [6.07, 6.45) is 0. The standard InChI is InChI=1S/C23H25IN2O3/c1-5-25-23(27)22-20(24)21(26-29-22)18-12-17(14(2)3)19(11-15(18)4)28-13-16-9-7-6-8-10-16/h6-12,14H,5,13H2,1-4H3,(H,25,27). The van der Waals surface area contributed by atoms with Gasteiger partial charge in [0.1, 0.15) is 18.1 Å². The van der Waals surface area contributed by atoms with Gasteiger partial charge in [0.25, 0.3) is 5.91 Å². The molecule has 0 aliphatic heterocycles. The van der Waals surface area contributed by atoms with Gasteiger partial charge in [-0.3, -0.25) is 4.79 Å². The van der Waals surface area contributed by atoms with Crippen molar-refractivity contribution in [3.05, 3.63) is 68.5 Å². The number of nitrogens with one attached hydrogen (secondary N) is 1. The van der Waals surface area contributed by atoms with E-state index in [4.69, 9.17) is 9.26 Å². The Labute approximate surface area is 185 Å². The van der Waals surface area contributed by atoms with E-state index in [1.165, 1.54) is 0 Å². The SMILES string of the molecule is CCNC(=O)c1onc(-c2cc(C(C)C)c(OCc3ccccc3)cc2C)c1I. The molecule has 3 rings (SSSR count). The van der Waals surface area contributed by atoms with Crippen LogP contribution in [0.25, 0.3) is 11.3 Å². The van der Waals surface area contributed by atoms with Crippen molar-refractivity contribution < 1.29 is 14.1 Å². The molecular formula is C23H25IN2O3. The number of aryl methyl sites for hydroxylation is 1. The molecule has 6 heteroatoms. The normalized spacial score (nSPS) is 11.0. The van der Waals surface area contributed by atoms with E-state index in [0.29, 0.717) is 22.4 Å². The number of nitrogens with zero attached hydrogens (tertiary/aromatic N) is 1. The van der Waals surface area contributed by atoms with Gasteiger partial charge in [-0.25, -0.2) is 0 Å². The molecule has 0 saturated heterocycles. The van der Waals surface area contributed by atoms with Crippen LogP contribution in [0.1, 0.15) is 53.9 Å². The monoisotopic (exact) mass is 504 g/mol. The van der Waals surface area contributed by atoms with Gasteiger partial charge in [0.2, 0.25) is 5.76 Å². The first-order valence-corrected chi connectivity index (χ1v) is 10.7. The smallest absolute Gasteiger partial charge is 0.291 e. The molecule has 5 nitrogen and oxygen atoms in total. The van der Waals surface area contributed by atoms with Gasteiger partial charge in [-0.2, -0.15) is 0 Å². The molecule has 1 aromatic heterocycles. The minimum atomic E-state index is -0.250. The number of hydrogen-bond donors (Lipinski definition) is 1. The zero-order chi connectivity index (χ0) is 21.0. The average Bonchev–Trinajstić information content (AvgIpc) is 3.08. The van der Waals surface area contributed by atoms with Crippen molar-refractivity contribution in [1.82, 2.24) is 10.5 Å². The number of carbonyl (C=O) groups excluding carboxylic acids is 1. The zero-order valence-corrected chi connectivity index (χ0v) is 19.2. The zero-order valence-electron chi connectivity index (χ0n) is 17.1. The number of amides is 1. The van der Waals surface area contributed by atoms with Gasteiger partial charge in [0, 0.05) is 12.1 Å². The van der Waals surface area contributed by atoms with Crippen LogP contribution in [0, 0.1) is 10.5 Å². The summed E-state index contributed by atoms with van der Waals surface area (Å²) in [4.78, 5) is 12.2. The molecule has 3 aromatic rings. The third-order valence-corrected chi connectivity index (χ3v) is 5.65. The van der Waals surface area contributed by atoms with E-state index >= 15 is 0 Å². The van der Waals surface area contributed by atoms with Crippen LogP contribution in [0.4, 0.5) is 0 Å². The maximum atomic E-state index is 12.2. The van der Waals surface area contributed by atoms with Crippen molar-refractivity contribution in [2.75, 3.05) is 6.54 Å². The van der Waals surface area contributed by atoms with Gasteiger partial charge >= 0.3 is 0 Å². The van der Waals surface area contributed by atoms with Crippen molar-refractivity contribution in [3.63, 3.8) is 0 Å². The predicted octanol–water partition coefficient (Wildman–Crippen LogP) is 5.71. The summed E-state index contributed by atoms with van der Waals surface area (Å²) in [5.74, 6) is 1.14. The second-order valence-electron chi connectivity index (χ2n) is 7.17. The molecule has 1 heterocycles. The van der Waals surface area contributed by atoms with E-state index in [1.54, 1.807) is 0 Å². The van der Waals surface area contributed by atoms with Gasteiger partial charge in [-0.15, -0.1) is 0 Å². The van der Waals surface area contributed by atoms with Crippen molar-refractivity contribution in [1.29, 1.82) is 0 Å². The first kappa shape index (κ1) is 21.4. The molecule has 0 atom stereocenters. The second-order valence-corrected chi connectivity index (χ2v) is 8.25. The van der Waals surface area contributed by atoms with Crippen LogP contribution in [0.5, 0.6) is 5.75 Å². The van der Waals surface area contributed by atoms with Crippen LogP contribution in [0.3, 0.4) is 0 Å². The van der Waals surface area contributed by atoms with Gasteiger partial charge in [-0.05, 0) is 71.2 Å². The molecule has 0 aliphatic rings. The molecule has 0 radical (unpaired) electrons. The molecule has 0 bridgehead atoms. The first-order chi connectivity index (χ1) is 13.9. The van der Waals surface area contributed by atoms with E-state index in [-0.39, 0.29) is 17.6 Å². The van der Waals surface area contributed by atoms with Crippen LogP contribution < -0.4 is 10.1 Å². The lowest BCUT2D eigenvalue weighted by Crippen LogP contribution is -2.22. The van der Waals surface area contributed by atoms with Crippen LogP contribution in [0.2, 0.25) is 0 Å². The summed E-state index contributed by atoms with van der Waals surface area (Å²) in [6, 6.07) is 14.3. The predicted molar refractivity (Wildman–Crippen MR) is 122 cm³/mol. The third kappa shape index (κ3) is 4.80. The molecule has 1 N–H and O–H groups in total. The van der Waals surface area contributed by atoms with Crippen molar-refractivity contribution in [3.8, 4) is 17.0 Å². The Kier molecular flexibility index (Phi) is 6.95. The summed E-state index contributed by atoms with van der Waals surface area (Å²) >= 11 is 2.12. The fourth-order valence-corrected chi connectivity index (χ4v) is 3.83. The summed E-state index contributed by atoms with van der Waals surface area (Å²) in [6.45, 7) is 9.22. The highest BCUT2D eigenvalue weighted by molar-refractivity contribution is 14.1. The molecule has 0 aliphatic carbocycles. The maximum absolute atomic E-state index is 12.2. The van der Waals surface area contributed by atoms with Crippen molar-refractivity contribution in [2.24, 2.45) is 0 Å². The molecule has 0 unspecified atom stereocenters. The fraction of sp³-hybridized carbons (Fsp3) is 0.304. The van der Waals surface area contributed by atoms with Gasteiger partial charge in [0.05, 0.1) is 3.57 Å². The van der Waals surface area contributed by atoms with E-state index in [1.807, 2.05) is 38.1 Å². The lowest BCUT2D eigenvalue weighted by Gasteiger charge is -2.17. The number of halogens is 1. The average molecular weight is 504 g/mol. The van der Waals surface area contributed by atoms with Crippen molar-refractivity contribution >= 4 is 28.5 Å². The lowest BCUT2D eigenvalue weighted by atomic mass is 9.95. The Morgan fingerprint density at radius 3 is 2.62 bits per heavy atom. The van der Waals surface area contributed by atoms with E-state index in [2.05, 4.69) is 65.1 Å². The summed E-state index contributed by atoms with van der Waals surface area (Å²) in [5.41, 5.74) is 4.87. The van der Waals surface area contributed by atoms with Gasteiger partial charge in [0.15, 0.2) is 0 Å². The largest absolute Gasteiger partial charge is 0.489 e. The Bertz CT molecular complexity index is 997. The molecule has 152 valence electrons. The Balaban J connectivity index is 1.95. The number of hydrogen-bond acceptors (Lipinski definition) is 4. The minimum Gasteiger partial charge on any atom is -0.489 e. The van der Waals surface area contributed by atoms with Gasteiger partial charge < -0.3 is 14.6 Å². The Hall–Kier alpha value is -2.35. The molecule has 0 fully saturated rings. The van der Waals surface area contributed by atoms with Crippen LogP contribution in [0.15, 0.2) is 47.0 Å². The number of ether oxygens (including phenoxy) is 1. The highest BCUT2D eigenvalue weighted by Gasteiger charge is 2.23. The maximum Gasteiger partial charge on any atom is 0.291 e. The number of benzene rings is 2. The molecular weight excluding hydrogens is 479 g/mol. The number of carbonyl (C=O) groups is 1. The van der Waals surface area contributed by atoms with E-state index in [9.17, 15) is 4.79 Å². The highest BCUT2D eigenvalue weighted by atomic mass is 127. The molecule has 1 amide bonds. The van der Waals surface area contributed by atoms with Crippen LogP contribution in [-0.2, 0) is 6.61 Å². The topological polar surface area (TPSA) is 64.4 Å². The van der Waals surface area contributed by atoms with Crippen LogP contribution in [-0.4, -0.2) is 17.6 Å². The Morgan fingerprint density at radius 2 is 1.97 bits per heavy atom. The quantitative estimate of drug-likeness (QED) is 0.419. The molecule has 0 spiro atoms. The molecule has 29 heavy (non-hydrogen) atoms. The van der Waals surface area contributed by atoms with E-state index in [0.717, 1.165) is 28.0 Å². The summed E-state index contributed by atoms with van der Waals surface area (Å²) < 4.78 is 12.2.